The van der Waals surface area contributed by atoms with Crippen LogP contribution in [0.2, 0.25) is 5.02 Å². The van der Waals surface area contributed by atoms with Crippen LogP contribution < -0.4 is 5.01 Å². The number of hydrogen-bond donors (Lipinski definition) is 1. The summed E-state index contributed by atoms with van der Waals surface area (Å²) < 4.78 is 0. The first-order valence-electron chi connectivity index (χ1n) is 10.2. The average Bonchev–Trinajstić information content (AvgIpc) is 3.40. The van der Waals surface area contributed by atoms with E-state index < -0.39 is 5.97 Å². The summed E-state index contributed by atoms with van der Waals surface area (Å²) in [5.74, 6) is -0.650. The molecule has 0 bridgehead atoms. The smallest absolute Gasteiger partial charge is 0.335 e. The van der Waals surface area contributed by atoms with E-state index in [0.717, 1.165) is 54.6 Å². The quantitative estimate of drug-likeness (QED) is 0.698. The minimum absolute atomic E-state index is 0.138. The van der Waals surface area contributed by atoms with E-state index in [0.29, 0.717) is 16.1 Å². The molecule has 0 unspecified atom stereocenters. The molecule has 5 rings (SSSR count). The summed E-state index contributed by atoms with van der Waals surface area (Å²) in [6.07, 6.45) is 7.42. The first-order chi connectivity index (χ1) is 14.6. The molecule has 2 aliphatic carbocycles. The highest BCUT2D eigenvalue weighted by Crippen LogP contribution is 2.43. The Bertz CT molecular complexity index is 1160. The van der Waals surface area contributed by atoms with Crippen molar-refractivity contribution in [2.45, 2.75) is 38.1 Å². The molecule has 0 amide bonds. The molecule has 5 nitrogen and oxygen atoms in total. The lowest BCUT2D eigenvalue weighted by atomic mass is 9.76. The number of halogens is 1. The van der Waals surface area contributed by atoms with Gasteiger partial charge in [-0.3, -0.25) is 5.01 Å². The molecule has 6 heteroatoms. The van der Waals surface area contributed by atoms with Crippen LogP contribution in [0.15, 0.2) is 53.1 Å². The van der Waals surface area contributed by atoms with E-state index in [2.05, 4.69) is 17.2 Å². The number of carbonyl (C=O) groups is 1. The summed E-state index contributed by atoms with van der Waals surface area (Å²) in [7, 11) is 0. The molecule has 0 saturated carbocycles. The molecule has 30 heavy (non-hydrogen) atoms. The topological polar surface area (TPSA) is 76.7 Å². The van der Waals surface area contributed by atoms with E-state index in [-0.39, 0.29) is 12.0 Å². The first kappa shape index (κ1) is 18.9. The van der Waals surface area contributed by atoms with Crippen molar-refractivity contribution in [1.29, 1.82) is 5.26 Å². The van der Waals surface area contributed by atoms with Crippen molar-refractivity contribution in [3.63, 3.8) is 0 Å². The first-order valence-corrected chi connectivity index (χ1v) is 10.6. The van der Waals surface area contributed by atoms with Crippen LogP contribution >= 0.6 is 11.6 Å². The summed E-state index contributed by atoms with van der Waals surface area (Å²) in [5.41, 5.74) is 6.16. The van der Waals surface area contributed by atoms with Gasteiger partial charge in [0.25, 0.3) is 0 Å². The van der Waals surface area contributed by atoms with Gasteiger partial charge in [-0.2, -0.15) is 10.4 Å². The van der Waals surface area contributed by atoms with Gasteiger partial charge in [-0.15, -0.1) is 0 Å². The molecule has 0 aromatic heterocycles. The van der Waals surface area contributed by atoms with E-state index in [4.69, 9.17) is 16.7 Å². The normalized spacial score (nSPS) is 22.1. The van der Waals surface area contributed by atoms with Crippen molar-refractivity contribution in [2.75, 3.05) is 5.01 Å². The van der Waals surface area contributed by atoms with Gasteiger partial charge in [0.1, 0.15) is 6.07 Å². The van der Waals surface area contributed by atoms with Gasteiger partial charge in [0, 0.05) is 11.5 Å². The molecule has 1 N–H and O–H groups in total. The number of carboxylic acids is 1. The zero-order chi connectivity index (χ0) is 20.8. The van der Waals surface area contributed by atoms with Crippen LogP contribution in [0.4, 0.5) is 5.69 Å². The van der Waals surface area contributed by atoms with E-state index in [9.17, 15) is 15.2 Å². The number of nitrogens with zero attached hydrogens (tertiary/aromatic N) is 3. The Kier molecular flexibility index (Phi) is 4.60. The summed E-state index contributed by atoms with van der Waals surface area (Å²) in [6, 6.07) is 13.1. The highest BCUT2D eigenvalue weighted by molar-refractivity contribution is 6.32. The highest BCUT2D eigenvalue weighted by Gasteiger charge is 2.43. The molecular formula is C24H20ClN3O2. The van der Waals surface area contributed by atoms with Crippen molar-refractivity contribution < 1.29 is 9.90 Å². The predicted molar refractivity (Wildman–Crippen MR) is 116 cm³/mol. The Morgan fingerprint density at radius 2 is 2.10 bits per heavy atom. The van der Waals surface area contributed by atoms with Crippen molar-refractivity contribution in [3.8, 4) is 6.07 Å². The maximum atomic E-state index is 11.4. The molecule has 1 heterocycles. The Labute approximate surface area is 179 Å². The second-order valence-corrected chi connectivity index (χ2v) is 8.45. The summed E-state index contributed by atoms with van der Waals surface area (Å²) in [4.78, 5) is 11.4. The maximum absolute atomic E-state index is 11.4. The Morgan fingerprint density at radius 3 is 2.80 bits per heavy atom. The third-order valence-electron chi connectivity index (χ3n) is 6.36. The molecule has 3 aliphatic rings. The van der Waals surface area contributed by atoms with Gasteiger partial charge in [0.05, 0.1) is 33.6 Å². The maximum Gasteiger partial charge on any atom is 0.335 e. The van der Waals surface area contributed by atoms with Gasteiger partial charge in [-0.1, -0.05) is 23.7 Å². The molecule has 2 atom stereocenters. The van der Waals surface area contributed by atoms with Crippen LogP contribution in [0.5, 0.6) is 0 Å². The third-order valence-corrected chi connectivity index (χ3v) is 6.67. The monoisotopic (exact) mass is 417 g/mol. The molecule has 2 aromatic rings. The average molecular weight is 418 g/mol. The SMILES string of the molecule is N#Cc1ccc(N2N=C3c4ccc(C(=O)O)cc4CC[C@@H]3[C@@H]2C2=CCCC2)cc1Cl. The molecule has 1 aliphatic heterocycles. The number of rotatable bonds is 3. The lowest BCUT2D eigenvalue weighted by Crippen LogP contribution is -2.37. The van der Waals surface area contributed by atoms with Gasteiger partial charge in [-0.05, 0) is 73.6 Å². The number of allylic oxidation sites excluding steroid dienone is 1. The lowest BCUT2D eigenvalue weighted by Gasteiger charge is -2.31. The van der Waals surface area contributed by atoms with Crippen molar-refractivity contribution in [2.24, 2.45) is 11.0 Å². The van der Waals surface area contributed by atoms with Crippen LogP contribution in [0, 0.1) is 17.2 Å². The number of carboxylic acid groups (broad SMARTS) is 1. The second kappa shape index (κ2) is 7.30. The number of hydrazone groups is 1. The summed E-state index contributed by atoms with van der Waals surface area (Å²) in [5, 5.41) is 26.1. The molecule has 150 valence electrons. The lowest BCUT2D eigenvalue weighted by molar-refractivity contribution is 0.0696. The van der Waals surface area contributed by atoms with Crippen molar-refractivity contribution in [3.05, 3.63) is 75.3 Å². The number of benzene rings is 2. The number of anilines is 1. The van der Waals surface area contributed by atoms with Crippen LogP contribution in [0.3, 0.4) is 0 Å². The fourth-order valence-corrected chi connectivity index (χ4v) is 5.17. The predicted octanol–water partition coefficient (Wildman–Crippen LogP) is 5.18. The van der Waals surface area contributed by atoms with E-state index >= 15 is 0 Å². The fourth-order valence-electron chi connectivity index (χ4n) is 4.95. The van der Waals surface area contributed by atoms with E-state index in [1.54, 1.807) is 18.2 Å². The van der Waals surface area contributed by atoms with Gasteiger partial charge < -0.3 is 5.11 Å². The summed E-state index contributed by atoms with van der Waals surface area (Å²) >= 11 is 6.33. The van der Waals surface area contributed by atoms with Crippen molar-refractivity contribution in [1.82, 2.24) is 0 Å². The number of nitriles is 1. The molecule has 2 aromatic carbocycles. The Hall–Kier alpha value is -3.10. The Morgan fingerprint density at radius 1 is 1.23 bits per heavy atom. The number of hydrogen-bond acceptors (Lipinski definition) is 4. The van der Waals surface area contributed by atoms with Gasteiger partial charge in [0.15, 0.2) is 0 Å². The molecule has 0 saturated heterocycles. The summed E-state index contributed by atoms with van der Waals surface area (Å²) in [6.45, 7) is 0. The number of aromatic carboxylic acids is 1. The molecule has 0 radical (unpaired) electrons. The fraction of sp³-hybridized carbons (Fsp3) is 0.292. The molecule has 0 spiro atoms. The number of aryl methyl sites for hydroxylation is 1. The zero-order valence-corrected chi connectivity index (χ0v) is 17.1. The molecular weight excluding hydrogens is 398 g/mol. The van der Waals surface area contributed by atoms with E-state index in [1.807, 2.05) is 18.2 Å². The van der Waals surface area contributed by atoms with Crippen LogP contribution in [0.1, 0.15) is 52.7 Å². The zero-order valence-electron chi connectivity index (χ0n) is 16.3. The second-order valence-electron chi connectivity index (χ2n) is 8.04. The van der Waals surface area contributed by atoms with Crippen molar-refractivity contribution >= 4 is 29.0 Å². The van der Waals surface area contributed by atoms with E-state index in [1.165, 1.54) is 5.57 Å². The molecule has 0 fully saturated rings. The standard InChI is InChI=1S/C24H20ClN3O2/c25-21-12-18(8-5-17(21)13-26)28-23(14-3-1-2-4-14)20-10-6-15-11-16(24(29)30)7-9-19(15)22(20)27-28/h3,5,7-9,11-12,20,23H,1-2,4,6,10H2,(H,29,30)/t20-,23-/m0/s1. The minimum Gasteiger partial charge on any atom is -0.478 e. The Balaban J connectivity index is 1.61. The highest BCUT2D eigenvalue weighted by atomic mass is 35.5. The largest absolute Gasteiger partial charge is 0.478 e. The minimum atomic E-state index is -0.906. The van der Waals surface area contributed by atoms with Crippen LogP contribution in [0.25, 0.3) is 0 Å². The van der Waals surface area contributed by atoms with Gasteiger partial charge in [0.2, 0.25) is 0 Å². The van der Waals surface area contributed by atoms with Gasteiger partial charge >= 0.3 is 5.97 Å². The number of fused-ring (bicyclic) bond motifs is 3. The third kappa shape index (κ3) is 3.00. The van der Waals surface area contributed by atoms with Crippen LogP contribution in [-0.2, 0) is 6.42 Å². The van der Waals surface area contributed by atoms with Gasteiger partial charge in [-0.25, -0.2) is 4.79 Å². The van der Waals surface area contributed by atoms with Crippen LogP contribution in [-0.4, -0.2) is 22.8 Å².